The Hall–Kier alpha value is -0.420. The lowest BCUT2D eigenvalue weighted by Gasteiger charge is -2.16. The van der Waals surface area contributed by atoms with Crippen LogP contribution in [0.3, 0.4) is 0 Å². The number of nitrogens with one attached hydrogen (secondary N) is 1. The zero-order valence-corrected chi connectivity index (χ0v) is 13.2. The van der Waals surface area contributed by atoms with Gasteiger partial charge in [-0.2, -0.15) is 0 Å². The van der Waals surface area contributed by atoms with Crippen LogP contribution >= 0.6 is 11.3 Å². The van der Waals surface area contributed by atoms with Gasteiger partial charge in [-0.1, -0.05) is 19.4 Å². The molecule has 1 aromatic rings. The molecule has 0 amide bonds. The van der Waals surface area contributed by atoms with E-state index >= 15 is 0 Å². The minimum absolute atomic E-state index is 0.832. The Bertz CT molecular complexity index is 290. The number of likely N-dealkylation sites (N-methyl/N-ethyl adjacent to an activating group) is 1. The molecule has 0 saturated heterocycles. The van der Waals surface area contributed by atoms with Crippen molar-refractivity contribution < 1.29 is 4.74 Å². The van der Waals surface area contributed by atoms with Crippen LogP contribution in [0, 0.1) is 0 Å². The first kappa shape index (κ1) is 16.6. The van der Waals surface area contributed by atoms with Gasteiger partial charge >= 0.3 is 0 Å². The molecule has 4 heteroatoms. The van der Waals surface area contributed by atoms with Gasteiger partial charge in [-0.25, -0.2) is 0 Å². The van der Waals surface area contributed by atoms with Gasteiger partial charge in [0.1, 0.15) is 0 Å². The second-order valence-corrected chi connectivity index (χ2v) is 5.88. The summed E-state index contributed by atoms with van der Waals surface area (Å²) < 4.78 is 5.50. The molecule has 0 aliphatic rings. The largest absolute Gasteiger partial charge is 0.380 e. The van der Waals surface area contributed by atoms with Crippen molar-refractivity contribution in [2.75, 3.05) is 46.4 Å². The lowest BCUT2D eigenvalue weighted by atomic mass is 10.3. The van der Waals surface area contributed by atoms with Crippen molar-refractivity contribution in [1.29, 1.82) is 0 Å². The summed E-state index contributed by atoms with van der Waals surface area (Å²) in [4.78, 5) is 3.86. The van der Waals surface area contributed by atoms with E-state index in [4.69, 9.17) is 4.74 Å². The lowest BCUT2D eigenvalue weighted by molar-refractivity contribution is 0.132. The van der Waals surface area contributed by atoms with E-state index in [2.05, 4.69) is 41.7 Å². The van der Waals surface area contributed by atoms with E-state index < -0.39 is 0 Å². The van der Waals surface area contributed by atoms with Crippen LogP contribution in [0.1, 0.15) is 24.6 Å². The SMILES string of the molecule is CCCCOCCNCCN(C)CCc1cccs1. The van der Waals surface area contributed by atoms with Crippen molar-refractivity contribution in [3.8, 4) is 0 Å². The van der Waals surface area contributed by atoms with Crippen LogP contribution in [0.2, 0.25) is 0 Å². The summed E-state index contributed by atoms with van der Waals surface area (Å²) in [6.07, 6.45) is 3.54. The Kier molecular flexibility index (Phi) is 9.99. The Labute approximate surface area is 122 Å². The second-order valence-electron chi connectivity index (χ2n) is 4.85. The highest BCUT2D eigenvalue weighted by Crippen LogP contribution is 2.09. The highest BCUT2D eigenvalue weighted by atomic mass is 32.1. The standard InChI is InChI=1S/C15H28N2OS/c1-3-4-12-18-13-9-16-8-11-17(2)10-7-15-6-5-14-19-15/h5-6,14,16H,3-4,7-13H2,1-2H3. The molecule has 0 aromatic carbocycles. The minimum atomic E-state index is 0.832. The predicted molar refractivity (Wildman–Crippen MR) is 84.1 cm³/mol. The molecule has 1 N–H and O–H groups in total. The molecule has 0 bridgehead atoms. The van der Waals surface area contributed by atoms with Gasteiger partial charge in [-0.3, -0.25) is 0 Å². The van der Waals surface area contributed by atoms with E-state index in [0.717, 1.165) is 45.8 Å². The molecule has 1 rings (SSSR count). The maximum Gasteiger partial charge on any atom is 0.0590 e. The average molecular weight is 284 g/mol. The van der Waals surface area contributed by atoms with Gasteiger partial charge in [0.25, 0.3) is 0 Å². The quantitative estimate of drug-likeness (QED) is 0.597. The normalized spacial score (nSPS) is 11.3. The second kappa shape index (κ2) is 11.4. The Morgan fingerprint density at radius 1 is 1.26 bits per heavy atom. The smallest absolute Gasteiger partial charge is 0.0590 e. The molecule has 1 aromatic heterocycles. The van der Waals surface area contributed by atoms with E-state index in [-0.39, 0.29) is 0 Å². The predicted octanol–water partition coefficient (Wildman–Crippen LogP) is 2.63. The van der Waals surface area contributed by atoms with Gasteiger partial charge in [-0.15, -0.1) is 11.3 Å². The Morgan fingerprint density at radius 2 is 2.16 bits per heavy atom. The lowest BCUT2D eigenvalue weighted by Crippen LogP contribution is -2.32. The van der Waals surface area contributed by atoms with Gasteiger partial charge in [0, 0.05) is 37.7 Å². The fourth-order valence-corrected chi connectivity index (χ4v) is 2.45. The summed E-state index contributed by atoms with van der Waals surface area (Å²) in [5.41, 5.74) is 0. The topological polar surface area (TPSA) is 24.5 Å². The number of nitrogens with zero attached hydrogens (tertiary/aromatic N) is 1. The van der Waals surface area contributed by atoms with Gasteiger partial charge < -0.3 is 15.0 Å². The first-order valence-corrected chi connectivity index (χ1v) is 8.20. The maximum atomic E-state index is 5.50. The molecule has 19 heavy (non-hydrogen) atoms. The summed E-state index contributed by atoms with van der Waals surface area (Å²) in [5.74, 6) is 0. The number of ether oxygens (including phenoxy) is 1. The molecule has 0 aliphatic carbocycles. The maximum absolute atomic E-state index is 5.50. The number of hydrogen-bond donors (Lipinski definition) is 1. The van der Waals surface area contributed by atoms with Crippen molar-refractivity contribution in [2.45, 2.75) is 26.2 Å². The van der Waals surface area contributed by atoms with Crippen molar-refractivity contribution in [3.63, 3.8) is 0 Å². The molecule has 3 nitrogen and oxygen atoms in total. The molecule has 1 heterocycles. The van der Waals surface area contributed by atoms with E-state index in [0.29, 0.717) is 0 Å². The first-order chi connectivity index (χ1) is 9.33. The molecule has 0 atom stereocenters. The third kappa shape index (κ3) is 9.16. The summed E-state index contributed by atoms with van der Waals surface area (Å²) in [7, 11) is 2.19. The van der Waals surface area contributed by atoms with Crippen molar-refractivity contribution in [2.24, 2.45) is 0 Å². The van der Waals surface area contributed by atoms with E-state index in [9.17, 15) is 0 Å². The molecule has 0 spiro atoms. The molecule has 0 aliphatic heterocycles. The van der Waals surface area contributed by atoms with Crippen molar-refractivity contribution in [3.05, 3.63) is 22.4 Å². The van der Waals surface area contributed by atoms with Gasteiger partial charge in [-0.05, 0) is 31.3 Å². The van der Waals surface area contributed by atoms with Gasteiger partial charge in [0.15, 0.2) is 0 Å². The highest BCUT2D eigenvalue weighted by Gasteiger charge is 1.99. The van der Waals surface area contributed by atoms with Gasteiger partial charge in [0.2, 0.25) is 0 Å². The zero-order chi connectivity index (χ0) is 13.8. The van der Waals surface area contributed by atoms with Crippen molar-refractivity contribution in [1.82, 2.24) is 10.2 Å². The number of thiophene rings is 1. The number of hydrogen-bond acceptors (Lipinski definition) is 4. The Balaban J connectivity index is 1.86. The van der Waals surface area contributed by atoms with E-state index in [1.807, 2.05) is 11.3 Å². The van der Waals surface area contributed by atoms with Crippen LogP contribution < -0.4 is 5.32 Å². The summed E-state index contributed by atoms with van der Waals surface area (Å²) in [5, 5.41) is 5.57. The first-order valence-electron chi connectivity index (χ1n) is 7.32. The summed E-state index contributed by atoms with van der Waals surface area (Å²) in [6.45, 7) is 8.15. The molecule has 0 radical (unpaired) electrons. The highest BCUT2D eigenvalue weighted by molar-refractivity contribution is 7.09. The molecule has 110 valence electrons. The molecular formula is C15H28N2OS. The van der Waals surface area contributed by atoms with Crippen LogP contribution in [-0.4, -0.2) is 51.3 Å². The van der Waals surface area contributed by atoms with Crippen LogP contribution in [0.15, 0.2) is 17.5 Å². The number of rotatable bonds is 12. The fourth-order valence-electron chi connectivity index (χ4n) is 1.76. The van der Waals surface area contributed by atoms with Crippen molar-refractivity contribution >= 4 is 11.3 Å². The van der Waals surface area contributed by atoms with E-state index in [1.165, 1.54) is 17.7 Å². The summed E-state index contributed by atoms with van der Waals surface area (Å²) in [6, 6.07) is 4.34. The Morgan fingerprint density at radius 3 is 2.89 bits per heavy atom. The zero-order valence-electron chi connectivity index (χ0n) is 12.4. The third-order valence-electron chi connectivity index (χ3n) is 3.06. The third-order valence-corrected chi connectivity index (χ3v) is 3.99. The molecular weight excluding hydrogens is 256 g/mol. The molecule has 0 saturated carbocycles. The summed E-state index contributed by atoms with van der Waals surface area (Å²) >= 11 is 1.85. The van der Waals surface area contributed by atoms with Gasteiger partial charge in [0.05, 0.1) is 6.61 Å². The number of unbranched alkanes of at least 4 members (excludes halogenated alkanes) is 1. The monoisotopic (exact) mass is 284 g/mol. The molecule has 0 fully saturated rings. The fraction of sp³-hybridized carbons (Fsp3) is 0.733. The van der Waals surface area contributed by atoms with Crippen LogP contribution in [0.25, 0.3) is 0 Å². The molecule has 0 unspecified atom stereocenters. The average Bonchev–Trinajstić information content (AvgIpc) is 2.93. The van der Waals surface area contributed by atoms with E-state index in [1.54, 1.807) is 0 Å². The van der Waals surface area contributed by atoms with Crippen LogP contribution in [0.5, 0.6) is 0 Å². The minimum Gasteiger partial charge on any atom is -0.380 e. The van der Waals surface area contributed by atoms with Crippen LogP contribution in [-0.2, 0) is 11.2 Å². The van der Waals surface area contributed by atoms with Crippen LogP contribution in [0.4, 0.5) is 0 Å².